The molecule has 0 spiro atoms. The Labute approximate surface area is 173 Å². The average molecular weight is 439 g/mol. The van der Waals surface area contributed by atoms with Crippen molar-refractivity contribution in [1.29, 1.82) is 0 Å². The number of rotatable bonds is 3. The van der Waals surface area contributed by atoms with Gasteiger partial charge in [0.15, 0.2) is 0 Å². The van der Waals surface area contributed by atoms with E-state index in [9.17, 15) is 17.6 Å². The molecule has 0 N–H and O–H groups in total. The van der Waals surface area contributed by atoms with E-state index in [0.29, 0.717) is 32.6 Å². The van der Waals surface area contributed by atoms with Gasteiger partial charge in [-0.3, -0.25) is 4.79 Å². The highest BCUT2D eigenvalue weighted by molar-refractivity contribution is 7.89. The van der Waals surface area contributed by atoms with E-state index < -0.39 is 21.7 Å². The number of carbonyl (C=O) groups excluding carboxylic acids is 1. The lowest BCUT2D eigenvalue weighted by atomic mass is 10.0. The zero-order valence-electron chi connectivity index (χ0n) is 15.6. The summed E-state index contributed by atoms with van der Waals surface area (Å²) in [5.74, 6) is -0.920. The monoisotopic (exact) mass is 438 g/mol. The summed E-state index contributed by atoms with van der Waals surface area (Å²) in [6.45, 7) is 1.42. The number of hydrogen-bond acceptors (Lipinski definition) is 4. The Bertz CT molecular complexity index is 1050. The van der Waals surface area contributed by atoms with Gasteiger partial charge in [0, 0.05) is 25.2 Å². The number of morpholine rings is 1. The van der Waals surface area contributed by atoms with Crippen LogP contribution in [-0.4, -0.2) is 51.5 Å². The molecule has 0 atom stereocenters. The quantitative estimate of drug-likeness (QED) is 0.738. The standard InChI is InChI=1S/C20H20ClFN2O4S/c21-16-7-6-15(13-18(16)29(26,27)23-9-11-28-12-10-23)20(25)24-8-2-4-14-3-1-5-17(22)19(14)24/h1,3,5-7,13H,2,4,8-12H2. The zero-order chi connectivity index (χ0) is 20.6. The summed E-state index contributed by atoms with van der Waals surface area (Å²) in [6, 6.07) is 8.89. The van der Waals surface area contributed by atoms with E-state index in [1.54, 1.807) is 12.1 Å². The normalized spacial score (nSPS) is 17.8. The zero-order valence-corrected chi connectivity index (χ0v) is 17.2. The molecule has 1 saturated heterocycles. The molecule has 0 bridgehead atoms. The number of aryl methyl sites for hydroxylation is 1. The van der Waals surface area contributed by atoms with Gasteiger partial charge in [0.2, 0.25) is 10.0 Å². The minimum Gasteiger partial charge on any atom is -0.379 e. The van der Waals surface area contributed by atoms with E-state index >= 15 is 0 Å². The highest BCUT2D eigenvalue weighted by Crippen LogP contribution is 2.32. The van der Waals surface area contributed by atoms with Crippen LogP contribution < -0.4 is 4.90 Å². The first-order chi connectivity index (χ1) is 13.9. The second-order valence-corrected chi connectivity index (χ2v) is 9.28. The number of carbonyl (C=O) groups is 1. The minimum atomic E-state index is -3.87. The Kier molecular flexibility index (Phi) is 5.61. The highest BCUT2D eigenvalue weighted by atomic mass is 35.5. The van der Waals surface area contributed by atoms with E-state index in [-0.39, 0.29) is 34.3 Å². The van der Waals surface area contributed by atoms with Crippen molar-refractivity contribution >= 4 is 33.2 Å². The molecule has 4 rings (SSSR count). The molecule has 0 saturated carbocycles. The molecule has 2 aromatic rings. The number of hydrogen-bond donors (Lipinski definition) is 0. The van der Waals surface area contributed by atoms with Gasteiger partial charge in [0.1, 0.15) is 10.7 Å². The molecular weight excluding hydrogens is 419 g/mol. The van der Waals surface area contributed by atoms with E-state index in [2.05, 4.69) is 0 Å². The lowest BCUT2D eigenvalue weighted by Gasteiger charge is -2.30. The molecule has 0 aromatic heterocycles. The molecule has 0 unspecified atom stereocenters. The van der Waals surface area contributed by atoms with Gasteiger partial charge in [0.05, 0.1) is 23.9 Å². The largest absolute Gasteiger partial charge is 0.379 e. The van der Waals surface area contributed by atoms with Crippen LogP contribution in [0.3, 0.4) is 0 Å². The molecule has 2 aliphatic rings. The molecule has 2 aromatic carbocycles. The van der Waals surface area contributed by atoms with Gasteiger partial charge in [0.25, 0.3) is 5.91 Å². The third-order valence-electron chi connectivity index (χ3n) is 5.18. The number of para-hydroxylation sites is 1. The summed E-state index contributed by atoms with van der Waals surface area (Å²) in [5, 5.41) is 0.0401. The lowest BCUT2D eigenvalue weighted by molar-refractivity contribution is 0.0730. The van der Waals surface area contributed by atoms with Crippen molar-refractivity contribution in [2.24, 2.45) is 0 Å². The number of ether oxygens (including phenoxy) is 1. The average Bonchev–Trinajstić information content (AvgIpc) is 2.74. The van der Waals surface area contributed by atoms with Crippen LogP contribution in [0.15, 0.2) is 41.3 Å². The number of sulfonamides is 1. The second kappa shape index (κ2) is 8.02. The van der Waals surface area contributed by atoms with Crippen LogP contribution in [0.5, 0.6) is 0 Å². The van der Waals surface area contributed by atoms with Crippen LogP contribution in [0.4, 0.5) is 10.1 Å². The van der Waals surface area contributed by atoms with Crippen molar-refractivity contribution in [1.82, 2.24) is 4.31 Å². The first-order valence-electron chi connectivity index (χ1n) is 9.36. The van der Waals surface area contributed by atoms with Crippen molar-refractivity contribution < 1.29 is 22.3 Å². The number of anilines is 1. The molecule has 154 valence electrons. The maximum Gasteiger partial charge on any atom is 0.258 e. The Morgan fingerprint density at radius 2 is 1.86 bits per heavy atom. The van der Waals surface area contributed by atoms with Gasteiger partial charge in [-0.25, -0.2) is 12.8 Å². The first-order valence-corrected chi connectivity index (χ1v) is 11.2. The summed E-state index contributed by atoms with van der Waals surface area (Å²) in [7, 11) is -3.87. The molecule has 2 heterocycles. The highest BCUT2D eigenvalue weighted by Gasteiger charge is 2.31. The van der Waals surface area contributed by atoms with Gasteiger partial charge in [-0.15, -0.1) is 0 Å². The van der Waals surface area contributed by atoms with Crippen LogP contribution in [-0.2, 0) is 21.2 Å². The van der Waals surface area contributed by atoms with Gasteiger partial charge >= 0.3 is 0 Å². The van der Waals surface area contributed by atoms with Gasteiger partial charge in [-0.05, 0) is 42.7 Å². The third kappa shape index (κ3) is 3.77. The van der Waals surface area contributed by atoms with Crippen LogP contribution in [0.25, 0.3) is 0 Å². The van der Waals surface area contributed by atoms with Gasteiger partial charge in [-0.1, -0.05) is 23.7 Å². The second-order valence-electron chi connectivity index (χ2n) is 6.97. The van der Waals surface area contributed by atoms with Crippen LogP contribution in [0, 0.1) is 5.82 Å². The smallest absolute Gasteiger partial charge is 0.258 e. The predicted octanol–water partition coefficient (Wildman–Crippen LogP) is 3.09. The molecule has 0 radical (unpaired) electrons. The number of benzene rings is 2. The molecule has 2 aliphatic heterocycles. The number of halogens is 2. The van der Waals surface area contributed by atoms with E-state index in [0.717, 1.165) is 5.56 Å². The third-order valence-corrected chi connectivity index (χ3v) is 7.56. The predicted molar refractivity (Wildman–Crippen MR) is 107 cm³/mol. The fourth-order valence-electron chi connectivity index (χ4n) is 3.72. The van der Waals surface area contributed by atoms with Gasteiger partial charge in [-0.2, -0.15) is 4.31 Å². The fraction of sp³-hybridized carbons (Fsp3) is 0.350. The topological polar surface area (TPSA) is 66.9 Å². The summed E-state index contributed by atoms with van der Waals surface area (Å²) < 4.78 is 47.0. The minimum absolute atomic E-state index is 0.0401. The molecule has 0 aliphatic carbocycles. The van der Waals surface area contributed by atoms with E-state index in [1.807, 2.05) is 0 Å². The molecular formula is C20H20ClFN2O4S. The molecule has 1 fully saturated rings. The lowest BCUT2D eigenvalue weighted by Crippen LogP contribution is -2.41. The Hall–Kier alpha value is -2.00. The Morgan fingerprint density at radius 3 is 2.62 bits per heavy atom. The number of amides is 1. The molecule has 6 nitrogen and oxygen atoms in total. The maximum atomic E-state index is 14.4. The first kappa shape index (κ1) is 20.3. The summed E-state index contributed by atoms with van der Waals surface area (Å²) in [6.07, 6.45) is 1.39. The van der Waals surface area contributed by atoms with Crippen molar-refractivity contribution in [3.8, 4) is 0 Å². The van der Waals surface area contributed by atoms with Crippen LogP contribution in [0.1, 0.15) is 22.3 Å². The molecule has 29 heavy (non-hydrogen) atoms. The molecule has 1 amide bonds. The molecule has 9 heteroatoms. The summed E-state index contributed by atoms with van der Waals surface area (Å²) in [4.78, 5) is 14.4. The van der Waals surface area contributed by atoms with E-state index in [4.69, 9.17) is 16.3 Å². The van der Waals surface area contributed by atoms with Crippen molar-refractivity contribution in [2.45, 2.75) is 17.7 Å². The fourth-order valence-corrected chi connectivity index (χ4v) is 5.63. The number of fused-ring (bicyclic) bond motifs is 1. The van der Waals surface area contributed by atoms with E-state index in [1.165, 1.54) is 33.5 Å². The number of nitrogens with zero attached hydrogens (tertiary/aromatic N) is 2. The van der Waals surface area contributed by atoms with Gasteiger partial charge < -0.3 is 9.64 Å². The van der Waals surface area contributed by atoms with Crippen molar-refractivity contribution in [3.63, 3.8) is 0 Å². The summed E-state index contributed by atoms with van der Waals surface area (Å²) >= 11 is 6.17. The SMILES string of the molecule is O=C(c1ccc(Cl)c(S(=O)(=O)N2CCOCC2)c1)N1CCCc2cccc(F)c21. The summed E-state index contributed by atoms with van der Waals surface area (Å²) in [5.41, 5.74) is 1.17. The van der Waals surface area contributed by atoms with Crippen LogP contribution >= 0.6 is 11.6 Å². The Morgan fingerprint density at radius 1 is 1.10 bits per heavy atom. The maximum absolute atomic E-state index is 14.4. The van der Waals surface area contributed by atoms with Crippen molar-refractivity contribution in [2.75, 3.05) is 37.7 Å². The Balaban J connectivity index is 1.71. The van der Waals surface area contributed by atoms with Crippen molar-refractivity contribution in [3.05, 3.63) is 58.4 Å². The van der Waals surface area contributed by atoms with Crippen LogP contribution in [0.2, 0.25) is 5.02 Å².